The molecule has 0 saturated carbocycles. The van der Waals surface area contributed by atoms with Crippen LogP contribution in [-0.4, -0.2) is 32.3 Å². The lowest BCUT2D eigenvalue weighted by molar-refractivity contribution is -0.121. The summed E-state index contributed by atoms with van der Waals surface area (Å²) in [6.45, 7) is 3.83. The van der Waals surface area contributed by atoms with Crippen LogP contribution in [0.5, 0.6) is 0 Å². The summed E-state index contributed by atoms with van der Waals surface area (Å²) in [5, 5.41) is 7.16. The maximum Gasteiger partial charge on any atom is 0.262 e. The third kappa shape index (κ3) is 5.12. The van der Waals surface area contributed by atoms with E-state index in [2.05, 4.69) is 15.8 Å². The van der Waals surface area contributed by atoms with Crippen LogP contribution in [0.3, 0.4) is 0 Å². The Morgan fingerprint density at radius 2 is 1.71 bits per heavy atom. The lowest BCUT2D eigenvalue weighted by Gasteiger charge is -2.13. The molecule has 1 unspecified atom stereocenters. The number of nitrogens with one attached hydrogen (secondary N) is 2. The average molecular weight is 324 g/mol. The van der Waals surface area contributed by atoms with Crippen LogP contribution in [0.25, 0.3) is 0 Å². The lowest BCUT2D eigenvalue weighted by Crippen LogP contribution is -2.34. The van der Waals surface area contributed by atoms with Gasteiger partial charge in [0.2, 0.25) is 0 Å². The van der Waals surface area contributed by atoms with Gasteiger partial charge in [0.25, 0.3) is 5.91 Å². The van der Waals surface area contributed by atoms with Crippen molar-refractivity contribution >= 4 is 23.5 Å². The second kappa shape index (κ2) is 8.15. The second-order valence-corrected chi connectivity index (χ2v) is 5.95. The maximum absolute atomic E-state index is 12.1. The number of anilines is 2. The minimum absolute atomic E-state index is 0.184. The van der Waals surface area contributed by atoms with Crippen molar-refractivity contribution in [1.82, 2.24) is 5.43 Å². The number of carbonyl (C=O) groups is 1. The summed E-state index contributed by atoms with van der Waals surface area (Å²) in [6, 6.07) is 15.5. The average Bonchev–Trinajstić information content (AvgIpc) is 2.57. The standard InChI is InChI=1S/C19H24N4O/c1-14-5-9-17(10-6-14)21-15(2)19(24)22-20-13-16-7-11-18(12-8-16)23(3)4/h5-13,15,21H,1-4H3,(H,22,24)/b20-13+. The Labute approximate surface area is 143 Å². The molecule has 2 aromatic carbocycles. The first-order chi connectivity index (χ1) is 11.5. The zero-order valence-corrected chi connectivity index (χ0v) is 14.6. The third-order valence-corrected chi connectivity index (χ3v) is 3.63. The Hall–Kier alpha value is -2.82. The van der Waals surface area contributed by atoms with Gasteiger partial charge in [0.15, 0.2) is 0 Å². The summed E-state index contributed by atoms with van der Waals surface area (Å²) in [5.74, 6) is -0.184. The van der Waals surface area contributed by atoms with Crippen LogP contribution in [-0.2, 0) is 4.79 Å². The molecule has 0 aliphatic heterocycles. The van der Waals surface area contributed by atoms with Crippen molar-refractivity contribution < 1.29 is 4.79 Å². The normalized spacial score (nSPS) is 12.0. The zero-order valence-electron chi connectivity index (χ0n) is 14.6. The Balaban J connectivity index is 1.86. The fourth-order valence-corrected chi connectivity index (χ4v) is 2.09. The molecule has 0 aliphatic carbocycles. The van der Waals surface area contributed by atoms with E-state index >= 15 is 0 Å². The molecule has 1 atom stereocenters. The summed E-state index contributed by atoms with van der Waals surface area (Å²) in [5.41, 5.74) is 6.70. The fourth-order valence-electron chi connectivity index (χ4n) is 2.09. The predicted molar refractivity (Wildman–Crippen MR) is 101 cm³/mol. The molecule has 0 aliphatic rings. The van der Waals surface area contributed by atoms with Crippen molar-refractivity contribution in [3.05, 3.63) is 59.7 Å². The van der Waals surface area contributed by atoms with E-state index in [9.17, 15) is 4.79 Å². The molecule has 5 heteroatoms. The van der Waals surface area contributed by atoms with Crippen LogP contribution in [0.1, 0.15) is 18.1 Å². The van der Waals surface area contributed by atoms with Crippen molar-refractivity contribution in [3.63, 3.8) is 0 Å². The molecular formula is C19H24N4O. The van der Waals surface area contributed by atoms with E-state index in [0.717, 1.165) is 16.9 Å². The maximum atomic E-state index is 12.1. The molecule has 0 aromatic heterocycles. The van der Waals surface area contributed by atoms with E-state index in [-0.39, 0.29) is 11.9 Å². The van der Waals surface area contributed by atoms with Gasteiger partial charge in [-0.1, -0.05) is 29.8 Å². The third-order valence-electron chi connectivity index (χ3n) is 3.63. The van der Waals surface area contributed by atoms with E-state index in [4.69, 9.17) is 0 Å². The van der Waals surface area contributed by atoms with E-state index in [1.54, 1.807) is 13.1 Å². The van der Waals surface area contributed by atoms with E-state index < -0.39 is 0 Å². The highest BCUT2D eigenvalue weighted by molar-refractivity contribution is 5.86. The van der Waals surface area contributed by atoms with Crippen molar-refractivity contribution in [1.29, 1.82) is 0 Å². The van der Waals surface area contributed by atoms with Crippen molar-refractivity contribution in [3.8, 4) is 0 Å². The first kappa shape index (κ1) is 17.5. The van der Waals surface area contributed by atoms with Gasteiger partial charge >= 0.3 is 0 Å². The summed E-state index contributed by atoms with van der Waals surface area (Å²) in [6.07, 6.45) is 1.63. The molecule has 0 heterocycles. The SMILES string of the molecule is Cc1ccc(NC(C)C(=O)N/N=C/c2ccc(N(C)C)cc2)cc1. The predicted octanol–water partition coefficient (Wildman–Crippen LogP) is 3.01. The molecule has 2 aromatic rings. The van der Waals surface area contributed by atoms with Crippen LogP contribution < -0.4 is 15.6 Å². The van der Waals surface area contributed by atoms with E-state index in [0.29, 0.717) is 0 Å². The van der Waals surface area contributed by atoms with Crippen LogP contribution in [0, 0.1) is 6.92 Å². The fraction of sp³-hybridized carbons (Fsp3) is 0.263. The number of benzene rings is 2. The lowest BCUT2D eigenvalue weighted by atomic mass is 10.2. The van der Waals surface area contributed by atoms with Gasteiger partial charge < -0.3 is 10.2 Å². The van der Waals surface area contributed by atoms with Gasteiger partial charge in [-0.2, -0.15) is 5.10 Å². The summed E-state index contributed by atoms with van der Waals surface area (Å²) < 4.78 is 0. The molecule has 24 heavy (non-hydrogen) atoms. The minimum Gasteiger partial charge on any atom is -0.378 e. The van der Waals surface area contributed by atoms with E-state index in [1.807, 2.05) is 74.4 Å². The smallest absolute Gasteiger partial charge is 0.262 e. The minimum atomic E-state index is -0.374. The van der Waals surface area contributed by atoms with Crippen LogP contribution in [0.4, 0.5) is 11.4 Å². The Kier molecular flexibility index (Phi) is 5.95. The largest absolute Gasteiger partial charge is 0.378 e. The summed E-state index contributed by atoms with van der Waals surface area (Å²) in [4.78, 5) is 14.1. The van der Waals surface area contributed by atoms with Gasteiger partial charge in [-0.05, 0) is 43.7 Å². The molecule has 0 fully saturated rings. The Morgan fingerprint density at radius 1 is 1.08 bits per heavy atom. The first-order valence-electron chi connectivity index (χ1n) is 7.89. The van der Waals surface area contributed by atoms with Gasteiger partial charge in [0.05, 0.1) is 6.21 Å². The Bertz CT molecular complexity index is 690. The zero-order chi connectivity index (χ0) is 17.5. The van der Waals surface area contributed by atoms with Gasteiger partial charge in [0.1, 0.15) is 6.04 Å². The van der Waals surface area contributed by atoms with Crippen LogP contribution in [0.15, 0.2) is 53.6 Å². The molecule has 0 bridgehead atoms. The Morgan fingerprint density at radius 3 is 2.29 bits per heavy atom. The molecule has 1 amide bonds. The monoisotopic (exact) mass is 324 g/mol. The number of hydrogen-bond donors (Lipinski definition) is 2. The highest BCUT2D eigenvalue weighted by Gasteiger charge is 2.11. The number of hydrogen-bond acceptors (Lipinski definition) is 4. The number of rotatable bonds is 6. The van der Waals surface area contributed by atoms with Gasteiger partial charge in [-0.15, -0.1) is 0 Å². The summed E-state index contributed by atoms with van der Waals surface area (Å²) >= 11 is 0. The molecule has 126 valence electrons. The molecule has 2 rings (SSSR count). The van der Waals surface area contributed by atoms with Gasteiger partial charge in [0, 0.05) is 25.5 Å². The molecule has 0 radical (unpaired) electrons. The number of hydrazone groups is 1. The van der Waals surface area contributed by atoms with Gasteiger partial charge in [-0.25, -0.2) is 5.43 Å². The summed E-state index contributed by atoms with van der Waals surface area (Å²) in [7, 11) is 3.98. The first-order valence-corrected chi connectivity index (χ1v) is 7.89. The molecule has 5 nitrogen and oxygen atoms in total. The number of aryl methyl sites for hydroxylation is 1. The van der Waals surface area contributed by atoms with Crippen molar-refractivity contribution in [2.24, 2.45) is 5.10 Å². The highest BCUT2D eigenvalue weighted by Crippen LogP contribution is 2.11. The van der Waals surface area contributed by atoms with Gasteiger partial charge in [-0.3, -0.25) is 4.79 Å². The number of carbonyl (C=O) groups excluding carboxylic acids is 1. The van der Waals surface area contributed by atoms with Crippen molar-refractivity contribution in [2.45, 2.75) is 19.9 Å². The highest BCUT2D eigenvalue weighted by atomic mass is 16.2. The van der Waals surface area contributed by atoms with Crippen molar-refractivity contribution in [2.75, 3.05) is 24.3 Å². The number of amides is 1. The molecule has 0 saturated heterocycles. The number of nitrogens with zero attached hydrogens (tertiary/aromatic N) is 2. The quantitative estimate of drug-likeness (QED) is 0.634. The van der Waals surface area contributed by atoms with Crippen LogP contribution in [0.2, 0.25) is 0 Å². The second-order valence-electron chi connectivity index (χ2n) is 5.95. The molecule has 0 spiro atoms. The van der Waals surface area contributed by atoms with Crippen LogP contribution >= 0.6 is 0 Å². The molecular weight excluding hydrogens is 300 g/mol. The topological polar surface area (TPSA) is 56.7 Å². The van der Waals surface area contributed by atoms with E-state index in [1.165, 1.54) is 5.56 Å². The molecule has 2 N–H and O–H groups in total.